The van der Waals surface area contributed by atoms with E-state index in [2.05, 4.69) is 31.9 Å². The van der Waals surface area contributed by atoms with Crippen molar-refractivity contribution in [1.29, 1.82) is 0 Å². The normalized spacial score (nSPS) is 13.6. The van der Waals surface area contributed by atoms with Gasteiger partial charge in [0.1, 0.15) is 5.58 Å². The first-order chi connectivity index (χ1) is 9.13. The summed E-state index contributed by atoms with van der Waals surface area (Å²) < 4.78 is 5.63. The molecule has 3 nitrogen and oxygen atoms in total. The maximum absolute atomic E-state index is 5.98. The number of hydrogen-bond acceptors (Lipinski definition) is 3. The van der Waals surface area contributed by atoms with Crippen LogP contribution in [0.4, 0.5) is 0 Å². The highest BCUT2D eigenvalue weighted by Crippen LogP contribution is 2.29. The van der Waals surface area contributed by atoms with Gasteiger partial charge in [-0.2, -0.15) is 0 Å². The second-order valence-electron chi connectivity index (χ2n) is 5.60. The second-order valence-corrected chi connectivity index (χ2v) is 5.60. The first-order valence-corrected chi connectivity index (χ1v) is 7.00. The molecule has 19 heavy (non-hydrogen) atoms. The number of benzene rings is 1. The van der Waals surface area contributed by atoms with E-state index in [0.717, 1.165) is 12.1 Å². The summed E-state index contributed by atoms with van der Waals surface area (Å²) in [4.78, 5) is 2.33. The fraction of sp³-hybridized carbons (Fsp3) is 0.500. The average Bonchev–Trinajstić information content (AvgIpc) is 2.81. The molecule has 0 aliphatic carbocycles. The fourth-order valence-electron chi connectivity index (χ4n) is 2.42. The van der Waals surface area contributed by atoms with E-state index >= 15 is 0 Å². The van der Waals surface area contributed by atoms with Crippen LogP contribution in [0, 0.1) is 5.92 Å². The molecule has 1 atom stereocenters. The third-order valence-electron chi connectivity index (χ3n) is 3.68. The van der Waals surface area contributed by atoms with Crippen LogP contribution in [-0.4, -0.2) is 25.0 Å². The largest absolute Gasteiger partial charge is 0.464 e. The molecule has 0 fully saturated rings. The van der Waals surface area contributed by atoms with Gasteiger partial charge in [0.2, 0.25) is 0 Å². The van der Waals surface area contributed by atoms with E-state index in [1.165, 1.54) is 17.4 Å². The first kappa shape index (κ1) is 14.1. The highest BCUT2D eigenvalue weighted by molar-refractivity contribution is 5.81. The second kappa shape index (κ2) is 6.22. The van der Waals surface area contributed by atoms with Gasteiger partial charge in [0.15, 0.2) is 0 Å². The lowest BCUT2D eigenvalue weighted by Crippen LogP contribution is -2.31. The zero-order chi connectivity index (χ0) is 13.8. The number of furan rings is 1. The fourth-order valence-corrected chi connectivity index (χ4v) is 2.42. The lowest BCUT2D eigenvalue weighted by Gasteiger charge is -2.27. The van der Waals surface area contributed by atoms with Gasteiger partial charge in [0.05, 0.1) is 12.3 Å². The number of fused-ring (bicyclic) bond motifs is 1. The molecule has 1 aromatic carbocycles. The van der Waals surface area contributed by atoms with Gasteiger partial charge in [0, 0.05) is 17.5 Å². The molecule has 0 bridgehead atoms. The highest BCUT2D eigenvalue weighted by atomic mass is 16.3. The Morgan fingerprint density at radius 1 is 1.26 bits per heavy atom. The number of para-hydroxylation sites is 1. The molecule has 0 saturated heterocycles. The van der Waals surface area contributed by atoms with Gasteiger partial charge >= 0.3 is 0 Å². The lowest BCUT2D eigenvalue weighted by molar-refractivity contribution is 0.236. The van der Waals surface area contributed by atoms with Crippen molar-refractivity contribution in [2.24, 2.45) is 11.7 Å². The van der Waals surface area contributed by atoms with Crippen LogP contribution in [0.25, 0.3) is 11.0 Å². The number of hydrogen-bond donors (Lipinski definition) is 1. The Bertz CT molecular complexity index is 518. The van der Waals surface area contributed by atoms with Crippen LogP contribution in [0.15, 0.2) is 34.9 Å². The molecule has 1 unspecified atom stereocenters. The van der Waals surface area contributed by atoms with Crippen LogP contribution in [0.1, 0.15) is 31.9 Å². The summed E-state index contributed by atoms with van der Waals surface area (Å²) >= 11 is 0. The summed E-state index contributed by atoms with van der Waals surface area (Å²) in [6.45, 7) is 6.16. The molecule has 0 aliphatic heterocycles. The Morgan fingerprint density at radius 3 is 2.68 bits per heavy atom. The summed E-state index contributed by atoms with van der Waals surface area (Å²) in [5.74, 6) is 0.710. The van der Waals surface area contributed by atoms with E-state index in [1.54, 1.807) is 0 Å². The van der Waals surface area contributed by atoms with Crippen molar-refractivity contribution in [2.75, 3.05) is 20.1 Å². The molecular weight excluding hydrogens is 236 g/mol. The number of likely N-dealkylation sites (N-methyl/N-ethyl adjacent to an activating group) is 1. The van der Waals surface area contributed by atoms with Crippen LogP contribution < -0.4 is 5.73 Å². The number of nitrogens with zero attached hydrogens (tertiary/aromatic N) is 1. The lowest BCUT2D eigenvalue weighted by atomic mass is 10.0. The van der Waals surface area contributed by atoms with Crippen LogP contribution in [-0.2, 0) is 0 Å². The smallest absolute Gasteiger partial charge is 0.134 e. The van der Waals surface area contributed by atoms with Crippen molar-refractivity contribution in [3.8, 4) is 0 Å². The maximum Gasteiger partial charge on any atom is 0.134 e. The maximum atomic E-state index is 5.98. The van der Waals surface area contributed by atoms with Crippen LogP contribution >= 0.6 is 0 Å². The number of nitrogens with two attached hydrogens (primary N) is 1. The molecule has 0 amide bonds. The minimum Gasteiger partial charge on any atom is -0.464 e. The average molecular weight is 260 g/mol. The van der Waals surface area contributed by atoms with Crippen molar-refractivity contribution in [2.45, 2.75) is 26.3 Å². The Morgan fingerprint density at radius 2 is 2.00 bits per heavy atom. The Balaban J connectivity index is 2.21. The molecule has 1 heterocycles. The third-order valence-corrected chi connectivity index (χ3v) is 3.68. The molecule has 104 valence electrons. The van der Waals surface area contributed by atoms with E-state index in [4.69, 9.17) is 10.2 Å². The zero-order valence-corrected chi connectivity index (χ0v) is 12.1. The Labute approximate surface area is 115 Å². The minimum atomic E-state index is 0.224. The standard InChI is InChI=1S/C16H24N2O/c1-12(2)8-9-18(3)15(10-17)14-11-19-16-7-5-4-6-13(14)16/h4-7,11-12,15H,8-10,17H2,1-3H3. The summed E-state index contributed by atoms with van der Waals surface area (Å²) in [5.41, 5.74) is 8.12. The summed E-state index contributed by atoms with van der Waals surface area (Å²) in [5, 5.41) is 1.18. The van der Waals surface area contributed by atoms with Gasteiger partial charge in [-0.25, -0.2) is 0 Å². The predicted octanol–water partition coefficient (Wildman–Crippen LogP) is 3.41. The van der Waals surface area contributed by atoms with E-state index in [1.807, 2.05) is 24.5 Å². The van der Waals surface area contributed by atoms with E-state index in [9.17, 15) is 0 Å². The third kappa shape index (κ3) is 3.17. The molecule has 3 heteroatoms. The van der Waals surface area contributed by atoms with Crippen molar-refractivity contribution >= 4 is 11.0 Å². The Kier molecular flexibility index (Phi) is 4.61. The monoisotopic (exact) mass is 260 g/mol. The van der Waals surface area contributed by atoms with Crippen LogP contribution in [0.2, 0.25) is 0 Å². The summed E-state index contributed by atoms with van der Waals surface area (Å²) in [6.07, 6.45) is 3.04. The SMILES string of the molecule is CC(C)CCN(C)C(CN)c1coc2ccccc12. The minimum absolute atomic E-state index is 0.224. The van der Waals surface area contributed by atoms with Crippen molar-refractivity contribution in [3.05, 3.63) is 36.1 Å². The molecule has 0 spiro atoms. The molecule has 0 aliphatic rings. The molecule has 2 rings (SSSR count). The van der Waals surface area contributed by atoms with Gasteiger partial charge in [-0.15, -0.1) is 0 Å². The Hall–Kier alpha value is -1.32. The zero-order valence-electron chi connectivity index (χ0n) is 12.1. The van der Waals surface area contributed by atoms with Gasteiger partial charge in [-0.1, -0.05) is 32.0 Å². The summed E-state index contributed by atoms with van der Waals surface area (Å²) in [7, 11) is 2.14. The van der Waals surface area contributed by atoms with E-state index in [0.29, 0.717) is 12.5 Å². The van der Waals surface area contributed by atoms with Crippen molar-refractivity contribution in [1.82, 2.24) is 4.90 Å². The van der Waals surface area contributed by atoms with E-state index in [-0.39, 0.29) is 6.04 Å². The molecular formula is C16H24N2O. The van der Waals surface area contributed by atoms with E-state index < -0.39 is 0 Å². The van der Waals surface area contributed by atoms with Gasteiger partial charge in [-0.3, -0.25) is 4.90 Å². The molecule has 2 N–H and O–H groups in total. The quantitative estimate of drug-likeness (QED) is 0.865. The molecule has 0 saturated carbocycles. The number of rotatable bonds is 6. The molecule has 2 aromatic rings. The molecule has 0 radical (unpaired) electrons. The predicted molar refractivity (Wildman–Crippen MR) is 80.1 cm³/mol. The topological polar surface area (TPSA) is 42.4 Å². The van der Waals surface area contributed by atoms with Gasteiger partial charge < -0.3 is 10.2 Å². The van der Waals surface area contributed by atoms with Gasteiger partial charge in [-0.05, 0) is 32.0 Å². The highest BCUT2D eigenvalue weighted by Gasteiger charge is 2.19. The first-order valence-electron chi connectivity index (χ1n) is 7.00. The van der Waals surface area contributed by atoms with Crippen molar-refractivity contribution in [3.63, 3.8) is 0 Å². The molecule has 1 aromatic heterocycles. The van der Waals surface area contributed by atoms with Crippen molar-refractivity contribution < 1.29 is 4.42 Å². The van der Waals surface area contributed by atoms with Gasteiger partial charge in [0.25, 0.3) is 0 Å². The van der Waals surface area contributed by atoms with Crippen LogP contribution in [0.5, 0.6) is 0 Å². The summed E-state index contributed by atoms with van der Waals surface area (Å²) in [6, 6.07) is 8.37. The van der Waals surface area contributed by atoms with Crippen LogP contribution in [0.3, 0.4) is 0 Å².